The summed E-state index contributed by atoms with van der Waals surface area (Å²) in [5, 5.41) is 9.01. The average molecular weight is 261 g/mol. The van der Waals surface area contributed by atoms with Gasteiger partial charge in [-0.05, 0) is 24.8 Å². The van der Waals surface area contributed by atoms with Crippen molar-refractivity contribution >= 4 is 5.97 Å². The van der Waals surface area contributed by atoms with Crippen molar-refractivity contribution in [2.45, 2.75) is 18.8 Å². The van der Waals surface area contributed by atoms with E-state index in [1.807, 2.05) is 18.2 Å². The topological polar surface area (TPSA) is 49.8 Å². The van der Waals surface area contributed by atoms with Gasteiger partial charge in [0.05, 0.1) is 13.2 Å². The summed E-state index contributed by atoms with van der Waals surface area (Å²) in [6.45, 7) is 2.49. The van der Waals surface area contributed by atoms with E-state index in [1.165, 1.54) is 18.4 Å². The molecule has 1 aromatic carbocycles. The summed E-state index contributed by atoms with van der Waals surface area (Å²) < 4.78 is 5.66. The summed E-state index contributed by atoms with van der Waals surface area (Å²) in [7, 11) is 0. The van der Waals surface area contributed by atoms with E-state index in [-0.39, 0.29) is 6.54 Å². The van der Waals surface area contributed by atoms with Gasteiger partial charge in [0.25, 0.3) is 0 Å². The van der Waals surface area contributed by atoms with Gasteiger partial charge in [-0.3, -0.25) is 9.69 Å². The fraction of sp³-hybridized carbons (Fsp3) is 0.533. The van der Waals surface area contributed by atoms with Gasteiger partial charge in [0.2, 0.25) is 0 Å². The normalized spacial score (nSPS) is 21.2. The van der Waals surface area contributed by atoms with E-state index in [9.17, 15) is 4.79 Å². The zero-order valence-corrected chi connectivity index (χ0v) is 10.9. The first-order valence-electron chi connectivity index (χ1n) is 6.88. The molecule has 4 heteroatoms. The van der Waals surface area contributed by atoms with Crippen LogP contribution in [0.1, 0.15) is 24.3 Å². The Bertz CT molecular complexity index is 470. The molecule has 0 amide bonds. The fourth-order valence-electron chi connectivity index (χ4n) is 2.75. The lowest BCUT2D eigenvalue weighted by Crippen LogP contribution is -2.35. The molecule has 1 fully saturated rings. The van der Waals surface area contributed by atoms with E-state index in [0.717, 1.165) is 18.8 Å². The number of rotatable bonds is 6. The number of carbonyl (C=O) groups is 1. The van der Waals surface area contributed by atoms with Crippen LogP contribution >= 0.6 is 0 Å². The Kier molecular flexibility index (Phi) is 3.42. The van der Waals surface area contributed by atoms with Crippen LogP contribution in [0.15, 0.2) is 24.3 Å². The molecule has 4 nitrogen and oxygen atoms in total. The van der Waals surface area contributed by atoms with Crippen molar-refractivity contribution in [1.82, 2.24) is 4.90 Å². The molecule has 1 aliphatic heterocycles. The first-order chi connectivity index (χ1) is 9.22. The van der Waals surface area contributed by atoms with E-state index in [0.29, 0.717) is 18.4 Å². The lowest BCUT2D eigenvalue weighted by atomic mass is 10.0. The molecule has 0 aromatic heterocycles. The van der Waals surface area contributed by atoms with Crippen molar-refractivity contribution in [2.75, 3.05) is 26.2 Å². The van der Waals surface area contributed by atoms with E-state index < -0.39 is 5.97 Å². The molecule has 1 unspecified atom stereocenters. The Hall–Kier alpha value is -1.55. The number of carboxylic acids is 1. The zero-order valence-electron chi connectivity index (χ0n) is 10.9. The van der Waals surface area contributed by atoms with Crippen LogP contribution in [0, 0.1) is 5.92 Å². The molecule has 3 rings (SSSR count). The summed E-state index contributed by atoms with van der Waals surface area (Å²) in [5.41, 5.74) is 1.22. The Morgan fingerprint density at radius 1 is 1.32 bits per heavy atom. The molecule has 1 N–H and O–H groups in total. The van der Waals surface area contributed by atoms with Crippen LogP contribution in [0.2, 0.25) is 0 Å². The Labute approximate surface area is 113 Å². The van der Waals surface area contributed by atoms with Crippen molar-refractivity contribution in [2.24, 2.45) is 5.92 Å². The molecule has 1 aromatic rings. The minimum atomic E-state index is -0.743. The Balaban J connectivity index is 1.66. The first-order valence-corrected chi connectivity index (χ1v) is 6.88. The van der Waals surface area contributed by atoms with Crippen molar-refractivity contribution in [3.05, 3.63) is 29.8 Å². The number of hydrogen-bond acceptors (Lipinski definition) is 3. The minimum absolute atomic E-state index is 0.134. The molecule has 1 aliphatic carbocycles. The molecule has 0 saturated heterocycles. The molecular weight excluding hydrogens is 242 g/mol. The number of benzene rings is 1. The van der Waals surface area contributed by atoms with Gasteiger partial charge in [-0.1, -0.05) is 18.2 Å². The minimum Gasteiger partial charge on any atom is -0.493 e. The standard InChI is InChI=1S/C15H19NO3/c17-15(18)9-16(7-11-5-6-11)8-12-10-19-14-4-2-1-3-13(12)14/h1-4,11-12H,5-10H2,(H,17,18). The first kappa shape index (κ1) is 12.5. The number of aliphatic carboxylic acids is 1. The monoisotopic (exact) mass is 261 g/mol. The van der Waals surface area contributed by atoms with Crippen LogP contribution in [0.4, 0.5) is 0 Å². The molecule has 0 radical (unpaired) electrons. The average Bonchev–Trinajstić information content (AvgIpc) is 3.09. The van der Waals surface area contributed by atoms with Gasteiger partial charge in [-0.2, -0.15) is 0 Å². The third kappa shape index (κ3) is 3.07. The van der Waals surface area contributed by atoms with Crippen LogP contribution in [-0.2, 0) is 4.79 Å². The van der Waals surface area contributed by atoms with Gasteiger partial charge < -0.3 is 9.84 Å². The highest BCUT2D eigenvalue weighted by Crippen LogP contribution is 2.35. The highest BCUT2D eigenvalue weighted by atomic mass is 16.5. The maximum atomic E-state index is 11.0. The SMILES string of the molecule is O=C(O)CN(CC1CC1)CC1COc2ccccc21. The number of fused-ring (bicyclic) bond motifs is 1. The molecule has 0 bridgehead atoms. The molecular formula is C15H19NO3. The summed E-state index contributed by atoms with van der Waals surface area (Å²) in [4.78, 5) is 13.0. The predicted octanol–water partition coefficient (Wildman–Crippen LogP) is 1.96. The lowest BCUT2D eigenvalue weighted by molar-refractivity contribution is -0.138. The summed E-state index contributed by atoms with van der Waals surface area (Å²) in [6.07, 6.45) is 2.49. The van der Waals surface area contributed by atoms with Crippen LogP contribution in [0.5, 0.6) is 5.75 Å². The molecule has 1 atom stereocenters. The fourth-order valence-corrected chi connectivity index (χ4v) is 2.75. The number of carboxylic acid groups (broad SMARTS) is 1. The van der Waals surface area contributed by atoms with Gasteiger partial charge in [-0.25, -0.2) is 0 Å². The Morgan fingerprint density at radius 2 is 2.11 bits per heavy atom. The molecule has 2 aliphatic rings. The predicted molar refractivity (Wildman–Crippen MR) is 71.5 cm³/mol. The second-order valence-corrected chi connectivity index (χ2v) is 5.58. The van der Waals surface area contributed by atoms with E-state index in [1.54, 1.807) is 0 Å². The number of nitrogens with zero attached hydrogens (tertiary/aromatic N) is 1. The van der Waals surface area contributed by atoms with Gasteiger partial charge in [0.15, 0.2) is 0 Å². The van der Waals surface area contributed by atoms with Gasteiger partial charge in [0.1, 0.15) is 5.75 Å². The van der Waals surface area contributed by atoms with E-state index in [2.05, 4.69) is 11.0 Å². The van der Waals surface area contributed by atoms with Crippen molar-refractivity contribution < 1.29 is 14.6 Å². The van der Waals surface area contributed by atoms with Crippen LogP contribution < -0.4 is 4.74 Å². The third-order valence-electron chi connectivity index (χ3n) is 3.85. The van der Waals surface area contributed by atoms with Crippen LogP contribution in [0.25, 0.3) is 0 Å². The van der Waals surface area contributed by atoms with Crippen molar-refractivity contribution in [1.29, 1.82) is 0 Å². The molecule has 0 spiro atoms. The highest BCUT2D eigenvalue weighted by molar-refractivity contribution is 5.69. The zero-order chi connectivity index (χ0) is 13.2. The summed E-state index contributed by atoms with van der Waals surface area (Å²) in [6, 6.07) is 8.06. The quantitative estimate of drug-likeness (QED) is 0.850. The van der Waals surface area contributed by atoms with Gasteiger partial charge in [0, 0.05) is 24.6 Å². The summed E-state index contributed by atoms with van der Waals surface area (Å²) >= 11 is 0. The van der Waals surface area contributed by atoms with E-state index >= 15 is 0 Å². The van der Waals surface area contributed by atoms with Crippen LogP contribution in [0.3, 0.4) is 0 Å². The van der Waals surface area contributed by atoms with Crippen LogP contribution in [-0.4, -0.2) is 42.2 Å². The van der Waals surface area contributed by atoms with Gasteiger partial charge in [-0.15, -0.1) is 0 Å². The van der Waals surface area contributed by atoms with E-state index in [4.69, 9.17) is 9.84 Å². The second kappa shape index (κ2) is 5.21. The maximum absolute atomic E-state index is 11.0. The number of ether oxygens (including phenoxy) is 1. The second-order valence-electron chi connectivity index (χ2n) is 5.58. The van der Waals surface area contributed by atoms with Crippen molar-refractivity contribution in [3.8, 4) is 5.75 Å². The molecule has 1 heterocycles. The molecule has 19 heavy (non-hydrogen) atoms. The molecule has 102 valence electrons. The molecule has 1 saturated carbocycles. The van der Waals surface area contributed by atoms with Gasteiger partial charge >= 0.3 is 5.97 Å². The summed E-state index contributed by atoms with van der Waals surface area (Å²) in [5.74, 6) is 1.22. The maximum Gasteiger partial charge on any atom is 0.317 e. The Morgan fingerprint density at radius 3 is 2.84 bits per heavy atom. The third-order valence-corrected chi connectivity index (χ3v) is 3.85. The lowest BCUT2D eigenvalue weighted by Gasteiger charge is -2.23. The highest BCUT2D eigenvalue weighted by Gasteiger charge is 2.30. The van der Waals surface area contributed by atoms with Crippen molar-refractivity contribution in [3.63, 3.8) is 0 Å². The number of para-hydroxylation sites is 1. The largest absolute Gasteiger partial charge is 0.493 e. The smallest absolute Gasteiger partial charge is 0.317 e. The number of hydrogen-bond donors (Lipinski definition) is 1.